The highest BCUT2D eigenvalue weighted by Crippen LogP contribution is 2.25. The lowest BCUT2D eigenvalue weighted by atomic mass is 10.1. The van der Waals surface area contributed by atoms with Crippen LogP contribution >= 0.6 is 0 Å². The zero-order valence-electron chi connectivity index (χ0n) is 15.6. The number of rotatable bonds is 11. The van der Waals surface area contributed by atoms with Gasteiger partial charge in [-0.3, -0.25) is 4.98 Å². The SMILES string of the molecule is CCCCCCCOc1ccc(-c2ccc(CCCC)cn2)c(F)c1. The molecule has 0 aliphatic carbocycles. The standard InChI is InChI=1S/C22H30FNO/c1-3-5-7-8-9-15-25-19-12-13-20(21(23)16-19)22-14-11-18(17-24-22)10-6-4-2/h11-14,16-17H,3-10,15H2,1-2H3. The Labute approximate surface area is 151 Å². The third kappa shape index (κ3) is 6.49. The summed E-state index contributed by atoms with van der Waals surface area (Å²) in [7, 11) is 0. The first-order valence-electron chi connectivity index (χ1n) is 9.62. The molecule has 136 valence electrons. The Balaban J connectivity index is 1.90. The lowest BCUT2D eigenvalue weighted by molar-refractivity contribution is 0.303. The molecular formula is C22H30FNO. The van der Waals surface area contributed by atoms with E-state index in [0.717, 1.165) is 25.7 Å². The third-order valence-electron chi connectivity index (χ3n) is 4.38. The minimum absolute atomic E-state index is 0.280. The van der Waals surface area contributed by atoms with E-state index in [0.29, 0.717) is 23.6 Å². The average Bonchev–Trinajstić information content (AvgIpc) is 2.63. The van der Waals surface area contributed by atoms with Crippen molar-refractivity contribution < 1.29 is 9.13 Å². The van der Waals surface area contributed by atoms with Crippen LogP contribution in [0.3, 0.4) is 0 Å². The van der Waals surface area contributed by atoms with Crippen LogP contribution in [0.25, 0.3) is 11.3 Å². The van der Waals surface area contributed by atoms with Crippen molar-refractivity contribution in [2.24, 2.45) is 0 Å². The van der Waals surface area contributed by atoms with Crippen LogP contribution in [-0.4, -0.2) is 11.6 Å². The number of halogens is 1. The minimum atomic E-state index is -0.280. The van der Waals surface area contributed by atoms with Crippen molar-refractivity contribution in [1.82, 2.24) is 4.98 Å². The van der Waals surface area contributed by atoms with E-state index in [4.69, 9.17) is 4.74 Å². The normalized spacial score (nSPS) is 10.8. The van der Waals surface area contributed by atoms with Crippen molar-refractivity contribution in [1.29, 1.82) is 0 Å². The Bertz CT molecular complexity index is 624. The Morgan fingerprint density at radius 2 is 1.72 bits per heavy atom. The van der Waals surface area contributed by atoms with Crippen LogP contribution in [0.5, 0.6) is 5.75 Å². The van der Waals surface area contributed by atoms with Gasteiger partial charge in [0.2, 0.25) is 0 Å². The lowest BCUT2D eigenvalue weighted by Gasteiger charge is -2.09. The number of aryl methyl sites for hydroxylation is 1. The summed E-state index contributed by atoms with van der Waals surface area (Å²) >= 11 is 0. The fourth-order valence-electron chi connectivity index (χ4n) is 2.80. The number of hydrogen-bond acceptors (Lipinski definition) is 2. The smallest absolute Gasteiger partial charge is 0.136 e. The summed E-state index contributed by atoms with van der Waals surface area (Å²) in [5.41, 5.74) is 2.40. The van der Waals surface area contributed by atoms with Gasteiger partial charge >= 0.3 is 0 Å². The van der Waals surface area contributed by atoms with Crippen LogP contribution in [0.4, 0.5) is 4.39 Å². The molecule has 0 spiro atoms. The first-order chi connectivity index (χ1) is 12.2. The predicted molar refractivity (Wildman–Crippen MR) is 102 cm³/mol. The summed E-state index contributed by atoms with van der Waals surface area (Å²) in [6.45, 7) is 5.02. The fraction of sp³-hybridized carbons (Fsp3) is 0.500. The highest BCUT2D eigenvalue weighted by Gasteiger charge is 2.08. The van der Waals surface area contributed by atoms with Crippen LogP contribution in [-0.2, 0) is 6.42 Å². The van der Waals surface area contributed by atoms with Crippen LogP contribution < -0.4 is 4.74 Å². The number of ether oxygens (including phenoxy) is 1. The fourth-order valence-corrected chi connectivity index (χ4v) is 2.80. The second kappa shape index (κ2) is 10.9. The first-order valence-corrected chi connectivity index (χ1v) is 9.62. The van der Waals surface area contributed by atoms with Crippen molar-refractivity contribution in [2.75, 3.05) is 6.61 Å². The monoisotopic (exact) mass is 343 g/mol. The summed E-state index contributed by atoms with van der Waals surface area (Å²) < 4.78 is 20.1. The molecule has 2 nitrogen and oxygen atoms in total. The van der Waals surface area contributed by atoms with Gasteiger partial charge in [-0.1, -0.05) is 52.0 Å². The molecule has 1 aromatic carbocycles. The number of benzene rings is 1. The van der Waals surface area contributed by atoms with E-state index >= 15 is 0 Å². The molecule has 0 saturated heterocycles. The van der Waals surface area contributed by atoms with Gasteiger partial charge in [0.15, 0.2) is 0 Å². The van der Waals surface area contributed by atoms with Crippen LogP contribution in [0.1, 0.15) is 64.4 Å². The second-order valence-corrected chi connectivity index (χ2v) is 6.56. The van der Waals surface area contributed by atoms with Gasteiger partial charge in [0, 0.05) is 17.8 Å². The number of aromatic nitrogens is 1. The van der Waals surface area contributed by atoms with E-state index in [1.807, 2.05) is 24.4 Å². The maximum absolute atomic E-state index is 14.4. The number of unbranched alkanes of at least 4 members (excludes halogenated alkanes) is 5. The van der Waals surface area contributed by atoms with Gasteiger partial charge in [-0.2, -0.15) is 0 Å². The van der Waals surface area contributed by atoms with E-state index < -0.39 is 0 Å². The average molecular weight is 343 g/mol. The summed E-state index contributed by atoms with van der Waals surface area (Å²) in [5, 5.41) is 0. The minimum Gasteiger partial charge on any atom is -0.493 e. The first kappa shape index (κ1) is 19.4. The number of nitrogens with zero attached hydrogens (tertiary/aromatic N) is 1. The number of hydrogen-bond donors (Lipinski definition) is 0. The zero-order chi connectivity index (χ0) is 17.9. The lowest BCUT2D eigenvalue weighted by Crippen LogP contribution is -1.98. The van der Waals surface area contributed by atoms with Gasteiger partial charge in [0.25, 0.3) is 0 Å². The van der Waals surface area contributed by atoms with Crippen molar-refractivity contribution in [3.63, 3.8) is 0 Å². The topological polar surface area (TPSA) is 22.1 Å². The van der Waals surface area contributed by atoms with Gasteiger partial charge in [-0.25, -0.2) is 4.39 Å². The quantitative estimate of drug-likeness (QED) is 0.430. The predicted octanol–water partition coefficient (Wildman–Crippen LogP) is 6.58. The summed E-state index contributed by atoms with van der Waals surface area (Å²) in [4.78, 5) is 4.42. The van der Waals surface area contributed by atoms with E-state index in [-0.39, 0.29) is 5.82 Å². The van der Waals surface area contributed by atoms with Gasteiger partial charge in [0.05, 0.1) is 12.3 Å². The molecule has 0 atom stereocenters. The molecule has 0 aliphatic rings. The molecule has 1 aromatic heterocycles. The van der Waals surface area contributed by atoms with Crippen LogP contribution in [0, 0.1) is 5.82 Å². The van der Waals surface area contributed by atoms with E-state index in [1.165, 1.54) is 37.3 Å². The Hall–Kier alpha value is -1.90. The molecule has 0 fully saturated rings. The van der Waals surface area contributed by atoms with E-state index in [2.05, 4.69) is 18.8 Å². The molecule has 0 bridgehead atoms. The Kier molecular flexibility index (Phi) is 8.44. The number of pyridine rings is 1. The summed E-state index contributed by atoms with van der Waals surface area (Å²) in [6.07, 6.45) is 11.1. The molecule has 0 N–H and O–H groups in total. The maximum atomic E-state index is 14.4. The largest absolute Gasteiger partial charge is 0.493 e. The summed E-state index contributed by atoms with van der Waals surface area (Å²) in [6, 6.07) is 9.00. The zero-order valence-corrected chi connectivity index (χ0v) is 15.6. The third-order valence-corrected chi connectivity index (χ3v) is 4.38. The van der Waals surface area contributed by atoms with Crippen molar-refractivity contribution in [3.8, 4) is 17.0 Å². The molecule has 3 heteroatoms. The molecule has 0 aliphatic heterocycles. The molecule has 0 unspecified atom stereocenters. The Morgan fingerprint density at radius 3 is 2.40 bits per heavy atom. The maximum Gasteiger partial charge on any atom is 0.136 e. The molecule has 2 aromatic rings. The highest BCUT2D eigenvalue weighted by molar-refractivity contribution is 5.61. The van der Waals surface area contributed by atoms with Gasteiger partial charge in [-0.05, 0) is 43.0 Å². The molecule has 25 heavy (non-hydrogen) atoms. The molecule has 2 rings (SSSR count). The molecule has 0 saturated carbocycles. The van der Waals surface area contributed by atoms with E-state index in [1.54, 1.807) is 6.07 Å². The van der Waals surface area contributed by atoms with Crippen LogP contribution in [0.15, 0.2) is 36.5 Å². The molecule has 1 heterocycles. The van der Waals surface area contributed by atoms with Crippen molar-refractivity contribution >= 4 is 0 Å². The second-order valence-electron chi connectivity index (χ2n) is 6.56. The highest BCUT2D eigenvalue weighted by atomic mass is 19.1. The van der Waals surface area contributed by atoms with Gasteiger partial charge < -0.3 is 4.74 Å². The molecule has 0 amide bonds. The van der Waals surface area contributed by atoms with Crippen molar-refractivity contribution in [2.45, 2.75) is 65.2 Å². The van der Waals surface area contributed by atoms with E-state index in [9.17, 15) is 4.39 Å². The van der Waals surface area contributed by atoms with Crippen LogP contribution in [0.2, 0.25) is 0 Å². The molecule has 0 radical (unpaired) electrons. The van der Waals surface area contributed by atoms with Gasteiger partial charge in [0.1, 0.15) is 11.6 Å². The molecular weight excluding hydrogens is 313 g/mol. The summed E-state index contributed by atoms with van der Waals surface area (Å²) in [5.74, 6) is 0.314. The van der Waals surface area contributed by atoms with Crippen molar-refractivity contribution in [3.05, 3.63) is 47.9 Å². The Morgan fingerprint density at radius 1 is 0.920 bits per heavy atom. The van der Waals surface area contributed by atoms with Gasteiger partial charge in [-0.15, -0.1) is 0 Å².